The molecule has 20 heavy (non-hydrogen) atoms. The van der Waals surface area contributed by atoms with Crippen molar-refractivity contribution in [3.8, 4) is 0 Å². The molecule has 0 radical (unpaired) electrons. The van der Waals surface area contributed by atoms with Gasteiger partial charge in [-0.3, -0.25) is 0 Å². The number of hydrogen-bond acceptors (Lipinski definition) is 3. The summed E-state index contributed by atoms with van der Waals surface area (Å²) in [6.07, 6.45) is 6.35. The third-order valence-corrected chi connectivity index (χ3v) is 6.75. The highest BCUT2D eigenvalue weighted by Crippen LogP contribution is 2.27. The van der Waals surface area contributed by atoms with Crippen molar-refractivity contribution in [2.75, 3.05) is 33.2 Å². The summed E-state index contributed by atoms with van der Waals surface area (Å²) in [5.41, 5.74) is 0. The highest BCUT2D eigenvalue weighted by Gasteiger charge is 2.37. The van der Waals surface area contributed by atoms with E-state index in [-0.39, 0.29) is 6.04 Å². The molecule has 2 heterocycles. The highest BCUT2D eigenvalue weighted by molar-refractivity contribution is 7.86. The second-order valence-electron chi connectivity index (χ2n) is 6.10. The quantitative estimate of drug-likeness (QED) is 0.836. The first-order valence-corrected chi connectivity index (χ1v) is 9.40. The largest absolute Gasteiger partial charge is 0.318 e. The molecule has 0 aromatic heterocycles. The molecule has 0 aromatic carbocycles. The number of piperidine rings is 2. The third kappa shape index (κ3) is 3.53. The van der Waals surface area contributed by atoms with Crippen LogP contribution in [0.5, 0.6) is 0 Å². The van der Waals surface area contributed by atoms with Crippen LogP contribution >= 0.6 is 0 Å². The summed E-state index contributed by atoms with van der Waals surface area (Å²) in [5, 5.41) is 3.14. The van der Waals surface area contributed by atoms with Crippen molar-refractivity contribution in [1.29, 1.82) is 0 Å². The topological polar surface area (TPSA) is 52.7 Å². The van der Waals surface area contributed by atoms with Gasteiger partial charge >= 0.3 is 0 Å². The fourth-order valence-corrected chi connectivity index (χ4v) is 5.41. The molecule has 0 aromatic rings. The normalized spacial score (nSPS) is 30.5. The van der Waals surface area contributed by atoms with E-state index in [0.29, 0.717) is 25.6 Å². The van der Waals surface area contributed by atoms with Gasteiger partial charge in [0.1, 0.15) is 0 Å². The molecule has 0 spiro atoms. The maximum absolute atomic E-state index is 12.9. The summed E-state index contributed by atoms with van der Waals surface area (Å²) in [6, 6.07) is 0.126. The molecule has 5 nitrogen and oxygen atoms in total. The zero-order chi connectivity index (χ0) is 14.6. The summed E-state index contributed by atoms with van der Waals surface area (Å²) in [5.74, 6) is 0.533. The Balaban J connectivity index is 2.10. The van der Waals surface area contributed by atoms with E-state index in [1.165, 1.54) is 6.42 Å². The molecule has 0 aliphatic carbocycles. The van der Waals surface area contributed by atoms with Crippen molar-refractivity contribution in [3.05, 3.63) is 0 Å². The van der Waals surface area contributed by atoms with Crippen LogP contribution in [0.2, 0.25) is 0 Å². The van der Waals surface area contributed by atoms with E-state index in [1.807, 2.05) is 7.05 Å². The molecule has 2 fully saturated rings. The van der Waals surface area contributed by atoms with Crippen LogP contribution in [-0.4, -0.2) is 56.3 Å². The fraction of sp³-hybridized carbons (Fsp3) is 1.00. The highest BCUT2D eigenvalue weighted by atomic mass is 32.2. The van der Waals surface area contributed by atoms with Gasteiger partial charge in [0.05, 0.1) is 0 Å². The van der Waals surface area contributed by atoms with Gasteiger partial charge in [-0.05, 0) is 38.6 Å². The molecule has 118 valence electrons. The molecule has 1 N–H and O–H groups in total. The molecular weight excluding hydrogens is 274 g/mol. The number of nitrogens with zero attached hydrogens (tertiary/aromatic N) is 2. The Morgan fingerprint density at radius 3 is 2.65 bits per heavy atom. The minimum absolute atomic E-state index is 0.126. The summed E-state index contributed by atoms with van der Waals surface area (Å²) >= 11 is 0. The lowest BCUT2D eigenvalue weighted by molar-refractivity contribution is 0.203. The molecule has 0 bridgehead atoms. The van der Waals surface area contributed by atoms with Crippen LogP contribution in [0.15, 0.2) is 0 Å². The van der Waals surface area contributed by atoms with Crippen LogP contribution in [0.25, 0.3) is 0 Å². The second-order valence-corrected chi connectivity index (χ2v) is 7.98. The Kier molecular flexibility index (Phi) is 5.84. The average molecular weight is 303 g/mol. The first kappa shape index (κ1) is 16.2. The van der Waals surface area contributed by atoms with Crippen LogP contribution < -0.4 is 5.32 Å². The van der Waals surface area contributed by atoms with Gasteiger partial charge in [-0.25, -0.2) is 0 Å². The molecule has 2 aliphatic rings. The van der Waals surface area contributed by atoms with Crippen LogP contribution in [0.3, 0.4) is 0 Å². The van der Waals surface area contributed by atoms with Crippen LogP contribution in [0.4, 0.5) is 0 Å². The monoisotopic (exact) mass is 303 g/mol. The minimum Gasteiger partial charge on any atom is -0.318 e. The van der Waals surface area contributed by atoms with E-state index in [1.54, 1.807) is 8.61 Å². The number of hydrogen-bond donors (Lipinski definition) is 1. The predicted octanol–water partition coefficient (Wildman–Crippen LogP) is 1.43. The Bertz CT molecular complexity index is 397. The van der Waals surface area contributed by atoms with Gasteiger partial charge in [-0.1, -0.05) is 19.8 Å². The van der Waals surface area contributed by atoms with Crippen molar-refractivity contribution in [2.24, 2.45) is 5.92 Å². The second kappa shape index (κ2) is 7.20. The van der Waals surface area contributed by atoms with Crippen LogP contribution in [-0.2, 0) is 10.2 Å². The van der Waals surface area contributed by atoms with Gasteiger partial charge in [0.25, 0.3) is 10.2 Å². The van der Waals surface area contributed by atoms with Crippen molar-refractivity contribution in [1.82, 2.24) is 13.9 Å². The lowest BCUT2D eigenvalue weighted by Gasteiger charge is -2.40. The molecule has 2 atom stereocenters. The van der Waals surface area contributed by atoms with Crippen molar-refractivity contribution in [2.45, 2.75) is 51.5 Å². The molecular formula is C14H29N3O2S. The van der Waals surface area contributed by atoms with E-state index in [2.05, 4.69) is 12.2 Å². The Hall–Kier alpha value is -0.170. The number of nitrogens with one attached hydrogen (secondary N) is 1. The number of likely N-dealkylation sites (N-methyl/N-ethyl adjacent to an activating group) is 1. The van der Waals surface area contributed by atoms with E-state index < -0.39 is 10.2 Å². The predicted molar refractivity (Wildman–Crippen MR) is 81.8 cm³/mol. The van der Waals surface area contributed by atoms with Crippen molar-refractivity contribution < 1.29 is 8.42 Å². The zero-order valence-corrected chi connectivity index (χ0v) is 13.7. The van der Waals surface area contributed by atoms with Crippen molar-refractivity contribution in [3.63, 3.8) is 0 Å². The van der Waals surface area contributed by atoms with Gasteiger partial charge in [0.2, 0.25) is 0 Å². The molecule has 2 aliphatic heterocycles. The molecule has 2 unspecified atom stereocenters. The van der Waals surface area contributed by atoms with Gasteiger partial charge in [-0.2, -0.15) is 17.0 Å². The van der Waals surface area contributed by atoms with Crippen molar-refractivity contribution >= 4 is 10.2 Å². The Morgan fingerprint density at radius 1 is 1.15 bits per heavy atom. The lowest BCUT2D eigenvalue weighted by atomic mass is 9.97. The maximum Gasteiger partial charge on any atom is 0.282 e. The van der Waals surface area contributed by atoms with Crippen LogP contribution in [0.1, 0.15) is 45.4 Å². The molecule has 0 amide bonds. The Labute approximate surface area is 123 Å². The van der Waals surface area contributed by atoms with E-state index in [9.17, 15) is 8.42 Å². The SMILES string of the molecule is CCC1CCCN(S(=O)(=O)N2CCCCC2CNC)C1. The minimum atomic E-state index is -3.27. The standard InChI is InChI=1S/C14H29N3O2S/c1-3-13-7-6-9-16(12-13)20(18,19)17-10-5-4-8-14(17)11-15-2/h13-15H,3-12H2,1-2H3. The van der Waals surface area contributed by atoms with E-state index in [0.717, 1.165) is 38.6 Å². The first-order valence-electron chi connectivity index (χ1n) is 8.01. The smallest absolute Gasteiger partial charge is 0.282 e. The summed E-state index contributed by atoms with van der Waals surface area (Å²) in [4.78, 5) is 0. The van der Waals surface area contributed by atoms with Gasteiger partial charge < -0.3 is 5.32 Å². The summed E-state index contributed by atoms with van der Waals surface area (Å²) < 4.78 is 29.3. The molecule has 2 saturated heterocycles. The average Bonchev–Trinajstić information content (AvgIpc) is 2.48. The lowest BCUT2D eigenvalue weighted by Crippen LogP contribution is -2.55. The molecule has 0 saturated carbocycles. The first-order chi connectivity index (χ1) is 9.59. The third-order valence-electron chi connectivity index (χ3n) is 4.69. The van der Waals surface area contributed by atoms with E-state index in [4.69, 9.17) is 0 Å². The molecule has 6 heteroatoms. The van der Waals surface area contributed by atoms with Gasteiger partial charge in [0.15, 0.2) is 0 Å². The van der Waals surface area contributed by atoms with E-state index >= 15 is 0 Å². The summed E-state index contributed by atoms with van der Waals surface area (Å²) in [7, 11) is -1.38. The fourth-order valence-electron chi connectivity index (χ4n) is 3.44. The zero-order valence-electron chi connectivity index (χ0n) is 12.8. The van der Waals surface area contributed by atoms with Gasteiger partial charge in [-0.15, -0.1) is 0 Å². The number of rotatable bonds is 5. The van der Waals surface area contributed by atoms with Crippen LogP contribution in [0, 0.1) is 5.92 Å². The Morgan fingerprint density at radius 2 is 1.95 bits per heavy atom. The molecule has 2 rings (SSSR count). The summed E-state index contributed by atoms with van der Waals surface area (Å²) in [6.45, 7) is 5.00. The maximum atomic E-state index is 12.9. The van der Waals surface area contributed by atoms with Gasteiger partial charge in [0, 0.05) is 32.2 Å².